The van der Waals surface area contributed by atoms with Gasteiger partial charge in [-0.05, 0) is 29.7 Å². The Morgan fingerprint density at radius 3 is 2.09 bits per heavy atom. The molecule has 0 spiro atoms. The Morgan fingerprint density at radius 1 is 1.18 bits per heavy atom. The van der Waals surface area contributed by atoms with Crippen LogP contribution in [0.1, 0.15) is 27.8 Å². The van der Waals surface area contributed by atoms with E-state index in [4.69, 9.17) is 5.11 Å². The number of carboxylic acid groups (broad SMARTS) is 1. The first kappa shape index (κ1) is 18.3. The van der Waals surface area contributed by atoms with Crippen LogP contribution >= 0.6 is 0 Å². The summed E-state index contributed by atoms with van der Waals surface area (Å²) in [7, 11) is 1.07. The van der Waals surface area contributed by atoms with E-state index in [1.807, 2.05) is 0 Å². The lowest BCUT2D eigenvalue weighted by molar-refractivity contribution is -0.145. The van der Waals surface area contributed by atoms with Crippen LogP contribution in [0.25, 0.3) is 0 Å². The number of methoxy groups -OCH3 is 1. The smallest absolute Gasteiger partial charge is 0.417 e. The molecular weight excluding hydrogens is 318 g/mol. The second-order valence-electron chi connectivity index (χ2n) is 4.56. The molecule has 0 aliphatic carbocycles. The standard InChI is InChI=1S/C13H12F6O3/c1-6-9(12(14,15)16)3-7(4-10(20)21)8(5-22-2)11(6)13(17,18)19/h3H,4-5H2,1-2H3,(H,20,21). The van der Waals surface area contributed by atoms with Crippen molar-refractivity contribution in [1.29, 1.82) is 0 Å². The Bertz CT molecular complexity index is 575. The van der Waals surface area contributed by atoms with Crippen LogP contribution in [-0.2, 0) is 34.9 Å². The molecule has 0 bridgehead atoms. The minimum Gasteiger partial charge on any atom is -0.481 e. The lowest BCUT2D eigenvalue weighted by atomic mass is 9.90. The Labute approximate surface area is 121 Å². The highest BCUT2D eigenvalue weighted by Crippen LogP contribution is 2.42. The van der Waals surface area contributed by atoms with Crippen LogP contribution in [0.4, 0.5) is 26.3 Å². The summed E-state index contributed by atoms with van der Waals surface area (Å²) in [5.41, 5.74) is -5.17. The first-order valence-corrected chi connectivity index (χ1v) is 5.90. The van der Waals surface area contributed by atoms with Crippen molar-refractivity contribution in [2.24, 2.45) is 0 Å². The summed E-state index contributed by atoms with van der Waals surface area (Å²) >= 11 is 0. The van der Waals surface area contributed by atoms with Crippen LogP contribution in [0.15, 0.2) is 6.07 Å². The predicted octanol–water partition coefficient (Wildman–Crippen LogP) is 3.81. The molecule has 3 nitrogen and oxygen atoms in total. The Kier molecular flexibility index (Phi) is 5.11. The largest absolute Gasteiger partial charge is 0.481 e. The maximum atomic E-state index is 13.1. The van der Waals surface area contributed by atoms with Crippen molar-refractivity contribution >= 4 is 5.97 Å². The number of aliphatic carboxylic acids is 1. The molecule has 1 rings (SSSR count). The molecule has 1 N–H and O–H groups in total. The van der Waals surface area contributed by atoms with Crippen LogP contribution < -0.4 is 0 Å². The van der Waals surface area contributed by atoms with Crippen LogP contribution in [0.2, 0.25) is 0 Å². The summed E-state index contributed by atoms with van der Waals surface area (Å²) in [5, 5.41) is 8.71. The normalized spacial score (nSPS) is 12.5. The average Bonchev–Trinajstić information content (AvgIpc) is 2.28. The highest BCUT2D eigenvalue weighted by molar-refractivity contribution is 5.71. The summed E-state index contributed by atoms with van der Waals surface area (Å²) in [6.07, 6.45) is -11.1. The molecule has 0 aliphatic heterocycles. The summed E-state index contributed by atoms with van der Waals surface area (Å²) in [6.45, 7) is 0.0613. The second-order valence-corrected chi connectivity index (χ2v) is 4.56. The SMILES string of the molecule is COCc1c(CC(=O)O)cc(C(F)(F)F)c(C)c1C(F)(F)F. The number of carbonyl (C=O) groups is 1. The number of rotatable bonds is 4. The Morgan fingerprint density at radius 2 is 1.73 bits per heavy atom. The number of benzene rings is 1. The van der Waals surface area contributed by atoms with Crippen molar-refractivity contribution in [3.63, 3.8) is 0 Å². The topological polar surface area (TPSA) is 46.5 Å². The summed E-state index contributed by atoms with van der Waals surface area (Å²) < 4.78 is 82.8. The zero-order chi connectivity index (χ0) is 17.3. The fraction of sp³-hybridized carbons (Fsp3) is 0.462. The predicted molar refractivity (Wildman–Crippen MR) is 63.2 cm³/mol. The van der Waals surface area contributed by atoms with Crippen LogP contribution in [0, 0.1) is 6.92 Å². The number of carboxylic acids is 1. The number of alkyl halides is 6. The van der Waals surface area contributed by atoms with Gasteiger partial charge >= 0.3 is 18.3 Å². The first-order valence-electron chi connectivity index (χ1n) is 5.90. The third-order valence-electron chi connectivity index (χ3n) is 3.01. The van der Waals surface area contributed by atoms with Gasteiger partial charge in [-0.15, -0.1) is 0 Å². The molecule has 1 aromatic rings. The van der Waals surface area contributed by atoms with Crippen molar-refractivity contribution in [2.45, 2.75) is 32.3 Å². The molecule has 22 heavy (non-hydrogen) atoms. The van der Waals surface area contributed by atoms with Gasteiger partial charge in [0.15, 0.2) is 0 Å². The van der Waals surface area contributed by atoms with Gasteiger partial charge in [-0.1, -0.05) is 0 Å². The van der Waals surface area contributed by atoms with Gasteiger partial charge in [0, 0.05) is 7.11 Å². The van der Waals surface area contributed by atoms with Gasteiger partial charge in [0.1, 0.15) is 0 Å². The van der Waals surface area contributed by atoms with Crippen LogP contribution in [-0.4, -0.2) is 18.2 Å². The maximum Gasteiger partial charge on any atom is 0.417 e. The van der Waals surface area contributed by atoms with E-state index in [1.54, 1.807) is 0 Å². The van der Waals surface area contributed by atoms with Gasteiger partial charge in [-0.3, -0.25) is 4.79 Å². The van der Waals surface area contributed by atoms with Crippen molar-refractivity contribution in [3.05, 3.63) is 33.9 Å². The highest BCUT2D eigenvalue weighted by Gasteiger charge is 2.42. The Hall–Kier alpha value is -1.77. The monoisotopic (exact) mass is 330 g/mol. The molecule has 0 atom stereocenters. The van der Waals surface area contributed by atoms with Gasteiger partial charge in [-0.25, -0.2) is 0 Å². The molecule has 9 heteroatoms. The lowest BCUT2D eigenvalue weighted by Gasteiger charge is -2.22. The molecular formula is C13H12F6O3. The van der Waals surface area contributed by atoms with Crippen molar-refractivity contribution in [2.75, 3.05) is 7.11 Å². The molecule has 0 saturated carbocycles. The van der Waals surface area contributed by atoms with Gasteiger partial charge in [0.25, 0.3) is 0 Å². The maximum absolute atomic E-state index is 13.1. The van der Waals surface area contributed by atoms with Gasteiger partial charge in [0.2, 0.25) is 0 Å². The number of ether oxygens (including phenoxy) is 1. The quantitative estimate of drug-likeness (QED) is 0.854. The highest BCUT2D eigenvalue weighted by atomic mass is 19.4. The number of hydrogen-bond acceptors (Lipinski definition) is 2. The lowest BCUT2D eigenvalue weighted by Crippen LogP contribution is -2.20. The molecule has 0 amide bonds. The van der Waals surface area contributed by atoms with Gasteiger partial charge in [0.05, 0.1) is 24.2 Å². The van der Waals surface area contributed by atoms with E-state index >= 15 is 0 Å². The number of hydrogen-bond donors (Lipinski definition) is 1. The van der Waals surface area contributed by atoms with Crippen molar-refractivity contribution in [3.8, 4) is 0 Å². The van der Waals surface area contributed by atoms with Crippen molar-refractivity contribution in [1.82, 2.24) is 0 Å². The average molecular weight is 330 g/mol. The molecule has 1 aromatic carbocycles. The summed E-state index contributed by atoms with van der Waals surface area (Å²) in [6, 6.07) is 0.438. The number of halogens is 6. The molecule has 0 fully saturated rings. The van der Waals surface area contributed by atoms with E-state index in [2.05, 4.69) is 4.74 Å². The molecule has 124 valence electrons. The van der Waals surface area contributed by atoms with E-state index in [-0.39, 0.29) is 0 Å². The fourth-order valence-corrected chi connectivity index (χ4v) is 2.20. The third-order valence-corrected chi connectivity index (χ3v) is 3.01. The van der Waals surface area contributed by atoms with E-state index in [0.717, 1.165) is 7.11 Å². The fourth-order valence-electron chi connectivity index (χ4n) is 2.20. The molecule has 0 radical (unpaired) electrons. The molecule has 0 aliphatic rings. The van der Waals surface area contributed by atoms with E-state index in [1.165, 1.54) is 0 Å². The Balaban J connectivity index is 3.79. The molecule has 0 aromatic heterocycles. The zero-order valence-corrected chi connectivity index (χ0v) is 11.5. The van der Waals surface area contributed by atoms with Crippen molar-refractivity contribution < 1.29 is 41.0 Å². The summed E-state index contributed by atoms with van der Waals surface area (Å²) in [5.74, 6) is -1.54. The molecule has 0 heterocycles. The first-order chi connectivity index (χ1) is 9.89. The third kappa shape index (κ3) is 3.90. The van der Waals surface area contributed by atoms with Crippen LogP contribution in [0.5, 0.6) is 0 Å². The zero-order valence-electron chi connectivity index (χ0n) is 11.5. The van der Waals surface area contributed by atoms with Gasteiger partial charge in [-0.2, -0.15) is 26.3 Å². The summed E-state index contributed by atoms with van der Waals surface area (Å²) in [4.78, 5) is 10.7. The van der Waals surface area contributed by atoms with Gasteiger partial charge < -0.3 is 9.84 Å². The molecule has 0 saturated heterocycles. The van der Waals surface area contributed by atoms with E-state index in [9.17, 15) is 31.1 Å². The second kappa shape index (κ2) is 6.15. The molecule has 0 unspecified atom stereocenters. The van der Waals surface area contributed by atoms with Crippen LogP contribution in [0.3, 0.4) is 0 Å². The van der Waals surface area contributed by atoms with E-state index in [0.29, 0.717) is 13.0 Å². The minimum absolute atomic E-state index is 0.438. The van der Waals surface area contributed by atoms with E-state index < -0.39 is 59.2 Å². The minimum atomic E-state index is -5.06.